The third-order valence-electron chi connectivity index (χ3n) is 0.624. The second-order valence-corrected chi connectivity index (χ2v) is 6.04. The van der Waals surface area contributed by atoms with E-state index in [2.05, 4.69) is 13.1 Å². The topological polar surface area (TPSA) is 171 Å². The summed E-state index contributed by atoms with van der Waals surface area (Å²) in [5.74, 6) is 0. The summed E-state index contributed by atoms with van der Waals surface area (Å²) in [6.45, 7) is 0. The van der Waals surface area contributed by atoms with Gasteiger partial charge >= 0.3 is 0 Å². The lowest BCUT2D eigenvalue weighted by Crippen LogP contribution is -2.20. The predicted molar refractivity (Wildman–Crippen MR) is 38.7 cm³/mol. The SMILES string of the molecule is C.COP(=O)([O-])OP(=O)([O-])OP(=O)([O-])[O-]. The Morgan fingerprint density at radius 2 is 1.27 bits per heavy atom. The monoisotopic (exact) mass is 284 g/mol. The van der Waals surface area contributed by atoms with Gasteiger partial charge in [0.25, 0.3) is 15.6 Å². The van der Waals surface area contributed by atoms with Gasteiger partial charge in [0, 0.05) is 7.11 Å². The lowest BCUT2D eigenvalue weighted by atomic mass is 11.8. The lowest BCUT2D eigenvalue weighted by Gasteiger charge is -2.37. The predicted octanol–water partition coefficient (Wildman–Crippen LogP) is -1.93. The maximum Gasteiger partial charge on any atom is 0.278 e. The molecule has 10 nitrogen and oxygen atoms in total. The number of phosphoric ester groups is 1. The number of phosphoric acid groups is 3. The van der Waals surface area contributed by atoms with Crippen molar-refractivity contribution >= 4 is 23.5 Å². The summed E-state index contributed by atoms with van der Waals surface area (Å²) in [7, 11) is -16.4. The molecule has 0 N–H and O–H groups in total. The van der Waals surface area contributed by atoms with Crippen LogP contribution in [0, 0.1) is 0 Å². The molecule has 94 valence electrons. The highest BCUT2D eigenvalue weighted by Crippen LogP contribution is 2.60. The Morgan fingerprint density at radius 1 is 0.867 bits per heavy atom. The zero-order valence-electron chi connectivity index (χ0n) is 6.42. The molecule has 0 aromatic heterocycles. The van der Waals surface area contributed by atoms with E-state index in [1.54, 1.807) is 0 Å². The van der Waals surface area contributed by atoms with E-state index >= 15 is 0 Å². The Labute approximate surface area is 85.3 Å². The first-order chi connectivity index (χ1) is 5.97. The summed E-state index contributed by atoms with van der Waals surface area (Å²) < 4.78 is 40.0. The van der Waals surface area contributed by atoms with Crippen molar-refractivity contribution < 1.29 is 46.4 Å². The third kappa shape index (κ3) is 9.35. The summed E-state index contributed by atoms with van der Waals surface area (Å²) in [5.41, 5.74) is 0. The molecular weight excluding hydrogens is 277 g/mol. The normalized spacial score (nSPS) is 19.8. The van der Waals surface area contributed by atoms with Gasteiger partial charge in [-0.1, -0.05) is 7.43 Å². The zero-order chi connectivity index (χ0) is 11.6. The van der Waals surface area contributed by atoms with Gasteiger partial charge in [-0.2, -0.15) is 0 Å². The van der Waals surface area contributed by atoms with Crippen molar-refractivity contribution in [2.24, 2.45) is 0 Å². The fourth-order valence-corrected chi connectivity index (χ4v) is 2.91. The van der Waals surface area contributed by atoms with Gasteiger partial charge in [-0.25, -0.2) is 4.31 Å². The second-order valence-electron chi connectivity index (χ2n) is 1.69. The molecule has 0 rings (SSSR count). The standard InChI is InChI=1S/CH7O10P3.CH4/c1-9-13(5,6)11-14(7,8)10-12(2,3)4;/h1H3,(H,5,6)(H,7,8)(H2,2,3,4);1H4/p-4. The Hall–Kier alpha value is 0.410. The van der Waals surface area contributed by atoms with Crippen molar-refractivity contribution in [1.29, 1.82) is 0 Å². The first-order valence-electron chi connectivity index (χ1n) is 2.60. The summed E-state index contributed by atoms with van der Waals surface area (Å²) >= 11 is 0. The first kappa shape index (κ1) is 17.8. The largest absolute Gasteiger partial charge is 0.790 e. The van der Waals surface area contributed by atoms with Crippen LogP contribution in [0.2, 0.25) is 0 Å². The molecule has 0 aliphatic carbocycles. The van der Waals surface area contributed by atoms with Gasteiger partial charge in [-0.15, -0.1) is 0 Å². The van der Waals surface area contributed by atoms with Crippen LogP contribution in [0.1, 0.15) is 7.43 Å². The van der Waals surface area contributed by atoms with E-state index in [0.29, 0.717) is 7.11 Å². The minimum absolute atomic E-state index is 0. The molecule has 0 heterocycles. The highest BCUT2D eigenvalue weighted by molar-refractivity contribution is 7.64. The van der Waals surface area contributed by atoms with E-state index in [-0.39, 0.29) is 7.43 Å². The van der Waals surface area contributed by atoms with Crippen molar-refractivity contribution in [2.45, 2.75) is 7.43 Å². The Balaban J connectivity index is 0. The van der Waals surface area contributed by atoms with Crippen molar-refractivity contribution in [3.05, 3.63) is 0 Å². The van der Waals surface area contributed by atoms with E-state index in [4.69, 9.17) is 0 Å². The molecule has 0 aromatic rings. The van der Waals surface area contributed by atoms with Crippen molar-refractivity contribution in [1.82, 2.24) is 0 Å². The van der Waals surface area contributed by atoms with E-state index in [9.17, 15) is 33.3 Å². The maximum absolute atomic E-state index is 10.4. The molecule has 0 amide bonds. The average molecular weight is 284 g/mol. The molecule has 2 atom stereocenters. The molecule has 2 unspecified atom stereocenters. The van der Waals surface area contributed by atoms with Crippen LogP contribution in [0.5, 0.6) is 0 Å². The van der Waals surface area contributed by atoms with E-state index in [1.807, 2.05) is 0 Å². The van der Waals surface area contributed by atoms with Crippen molar-refractivity contribution in [3.63, 3.8) is 0 Å². The van der Waals surface area contributed by atoms with Crippen LogP contribution in [0.15, 0.2) is 0 Å². The average Bonchev–Trinajstić information content (AvgIpc) is 1.78. The van der Waals surface area contributed by atoms with Gasteiger partial charge in [0.15, 0.2) is 0 Å². The van der Waals surface area contributed by atoms with Gasteiger partial charge < -0.3 is 28.7 Å². The third-order valence-corrected chi connectivity index (χ3v) is 4.27. The van der Waals surface area contributed by atoms with Crippen LogP contribution in [0.4, 0.5) is 0 Å². The van der Waals surface area contributed by atoms with Crippen LogP contribution in [-0.2, 0) is 26.8 Å². The Bertz CT molecular complexity index is 328. The lowest BCUT2D eigenvalue weighted by molar-refractivity contribution is -0.339. The molecule has 0 fully saturated rings. The van der Waals surface area contributed by atoms with Crippen LogP contribution in [0.3, 0.4) is 0 Å². The van der Waals surface area contributed by atoms with Crippen LogP contribution in [0.25, 0.3) is 0 Å². The fourth-order valence-electron chi connectivity index (χ4n) is 0.293. The summed E-state index contributed by atoms with van der Waals surface area (Å²) in [4.78, 5) is 40.3. The van der Waals surface area contributed by atoms with Gasteiger partial charge in [0.05, 0.1) is 7.82 Å². The Kier molecular flexibility index (Phi) is 6.71. The highest BCUT2D eigenvalue weighted by Gasteiger charge is 2.19. The molecular formula is C2H7O10P3-4. The van der Waals surface area contributed by atoms with Gasteiger partial charge in [-0.3, -0.25) is 13.4 Å². The van der Waals surface area contributed by atoms with Crippen molar-refractivity contribution in [2.75, 3.05) is 7.11 Å². The van der Waals surface area contributed by atoms with Crippen LogP contribution in [-0.4, -0.2) is 7.11 Å². The second kappa shape index (κ2) is 5.65. The molecule has 0 saturated carbocycles. The number of rotatable bonds is 5. The molecule has 15 heavy (non-hydrogen) atoms. The van der Waals surface area contributed by atoms with E-state index in [1.165, 1.54) is 0 Å². The van der Waals surface area contributed by atoms with E-state index in [0.717, 1.165) is 0 Å². The zero-order valence-corrected chi connectivity index (χ0v) is 9.11. The molecule has 0 spiro atoms. The van der Waals surface area contributed by atoms with E-state index < -0.39 is 23.5 Å². The molecule has 13 heteroatoms. The molecule has 0 aliphatic heterocycles. The maximum atomic E-state index is 10.4. The molecule has 0 aromatic carbocycles. The minimum Gasteiger partial charge on any atom is -0.790 e. The summed E-state index contributed by atoms with van der Waals surface area (Å²) in [6, 6.07) is 0. The fraction of sp³-hybridized carbons (Fsp3) is 1.00. The highest BCUT2D eigenvalue weighted by atomic mass is 31.3. The van der Waals surface area contributed by atoms with Gasteiger partial charge in [-0.05, 0) is 0 Å². The molecule has 0 radical (unpaired) electrons. The summed E-state index contributed by atoms with van der Waals surface area (Å²) in [5, 5.41) is 0. The van der Waals surface area contributed by atoms with Crippen LogP contribution >= 0.6 is 23.5 Å². The Morgan fingerprint density at radius 3 is 1.53 bits per heavy atom. The molecule has 0 bridgehead atoms. The minimum atomic E-state index is -5.90. The summed E-state index contributed by atoms with van der Waals surface area (Å²) in [6.07, 6.45) is 0. The molecule has 0 saturated heterocycles. The van der Waals surface area contributed by atoms with Gasteiger partial charge in [0.1, 0.15) is 0 Å². The van der Waals surface area contributed by atoms with Gasteiger partial charge in [0.2, 0.25) is 0 Å². The number of hydrogen-bond donors (Lipinski definition) is 0. The quantitative estimate of drug-likeness (QED) is 0.517. The van der Waals surface area contributed by atoms with Crippen LogP contribution < -0.4 is 19.6 Å². The molecule has 0 aliphatic rings. The van der Waals surface area contributed by atoms with Crippen molar-refractivity contribution in [3.8, 4) is 0 Å². The number of hydrogen-bond acceptors (Lipinski definition) is 10. The first-order valence-corrected chi connectivity index (χ1v) is 6.98. The smallest absolute Gasteiger partial charge is 0.278 e.